The van der Waals surface area contributed by atoms with Crippen molar-refractivity contribution in [1.82, 2.24) is 0 Å². The zero-order valence-corrected chi connectivity index (χ0v) is 11.6. The first-order chi connectivity index (χ1) is 9.88. The van der Waals surface area contributed by atoms with Gasteiger partial charge in [-0.3, -0.25) is 19.7 Å². The van der Waals surface area contributed by atoms with Gasteiger partial charge in [0.25, 0.3) is 5.69 Å². The molecule has 0 spiro atoms. The highest BCUT2D eigenvalue weighted by molar-refractivity contribution is 5.83. The average molecular weight is 297 g/mol. The van der Waals surface area contributed by atoms with Crippen LogP contribution in [-0.4, -0.2) is 35.5 Å². The van der Waals surface area contributed by atoms with Gasteiger partial charge in [-0.15, -0.1) is 0 Å². The maximum Gasteiger partial charge on any atom is 0.303 e. The number of carboxylic acid groups (broad SMARTS) is 1. The van der Waals surface area contributed by atoms with Crippen molar-refractivity contribution >= 4 is 17.9 Å². The molecule has 0 heterocycles. The molecular formula is C13H15NO7. The average Bonchev–Trinajstić information content (AvgIpc) is 2.44. The normalized spacial score (nSPS) is 11.5. The van der Waals surface area contributed by atoms with Crippen molar-refractivity contribution in [2.24, 2.45) is 0 Å². The van der Waals surface area contributed by atoms with Crippen molar-refractivity contribution in [3.63, 3.8) is 0 Å². The van der Waals surface area contributed by atoms with Gasteiger partial charge in [0.15, 0.2) is 17.8 Å². The Labute approximate surface area is 120 Å². The number of carboxylic acids is 1. The second kappa shape index (κ2) is 7.22. The predicted octanol–water partition coefficient (Wildman–Crippen LogP) is 2.05. The quantitative estimate of drug-likeness (QED) is 0.443. The lowest BCUT2D eigenvalue weighted by molar-refractivity contribution is -0.385. The van der Waals surface area contributed by atoms with Crippen LogP contribution in [0.25, 0.3) is 0 Å². The number of hydrogen-bond donors (Lipinski definition) is 1. The standard InChI is InChI=1S/C13H15NO7/c1-8(3-4-13(16)17)21-12-6-10(14(18)19)9(7-15)5-11(12)20-2/h5-8H,3-4H2,1-2H3,(H,16,17). The van der Waals surface area contributed by atoms with E-state index >= 15 is 0 Å². The third-order valence-electron chi connectivity index (χ3n) is 2.73. The van der Waals surface area contributed by atoms with Gasteiger partial charge in [-0.1, -0.05) is 0 Å². The van der Waals surface area contributed by atoms with Crippen molar-refractivity contribution in [1.29, 1.82) is 0 Å². The largest absolute Gasteiger partial charge is 0.493 e. The first-order valence-electron chi connectivity index (χ1n) is 6.09. The summed E-state index contributed by atoms with van der Waals surface area (Å²) in [5.41, 5.74) is -0.520. The Hall–Kier alpha value is -2.64. The Morgan fingerprint density at radius 3 is 2.62 bits per heavy atom. The number of nitro benzene ring substituents is 1. The van der Waals surface area contributed by atoms with Crippen LogP contribution in [0.15, 0.2) is 12.1 Å². The Morgan fingerprint density at radius 2 is 2.14 bits per heavy atom. The van der Waals surface area contributed by atoms with Crippen LogP contribution in [0.5, 0.6) is 11.5 Å². The molecule has 0 radical (unpaired) electrons. The van der Waals surface area contributed by atoms with Crippen LogP contribution in [0.4, 0.5) is 5.69 Å². The van der Waals surface area contributed by atoms with Crippen LogP contribution in [0.1, 0.15) is 30.1 Å². The van der Waals surface area contributed by atoms with E-state index in [0.29, 0.717) is 6.29 Å². The number of ether oxygens (including phenoxy) is 2. The van der Waals surface area contributed by atoms with E-state index in [-0.39, 0.29) is 29.9 Å². The molecule has 1 N–H and O–H groups in total. The van der Waals surface area contributed by atoms with Crippen LogP contribution in [-0.2, 0) is 4.79 Å². The van der Waals surface area contributed by atoms with Crippen LogP contribution in [0.3, 0.4) is 0 Å². The molecular weight excluding hydrogens is 282 g/mol. The molecule has 1 atom stereocenters. The molecule has 0 aliphatic carbocycles. The van der Waals surface area contributed by atoms with E-state index < -0.39 is 22.7 Å². The van der Waals surface area contributed by atoms with Crippen molar-refractivity contribution in [3.05, 3.63) is 27.8 Å². The molecule has 8 nitrogen and oxygen atoms in total. The molecule has 0 amide bonds. The summed E-state index contributed by atoms with van der Waals surface area (Å²) in [4.78, 5) is 31.6. The monoisotopic (exact) mass is 297 g/mol. The van der Waals surface area contributed by atoms with E-state index in [1.165, 1.54) is 13.2 Å². The fourth-order valence-corrected chi connectivity index (χ4v) is 1.67. The fraction of sp³-hybridized carbons (Fsp3) is 0.385. The Bertz CT molecular complexity index is 556. The van der Waals surface area contributed by atoms with E-state index in [4.69, 9.17) is 14.6 Å². The molecule has 8 heteroatoms. The number of rotatable bonds is 8. The second-order valence-corrected chi connectivity index (χ2v) is 4.30. The Morgan fingerprint density at radius 1 is 1.48 bits per heavy atom. The summed E-state index contributed by atoms with van der Waals surface area (Å²) in [5.74, 6) is -0.697. The molecule has 0 saturated carbocycles. The first kappa shape index (κ1) is 16.4. The predicted molar refractivity (Wildman–Crippen MR) is 72.0 cm³/mol. The number of methoxy groups -OCH3 is 1. The lowest BCUT2D eigenvalue weighted by Gasteiger charge is -2.16. The third-order valence-corrected chi connectivity index (χ3v) is 2.73. The smallest absolute Gasteiger partial charge is 0.303 e. The number of carbonyl (C=O) groups excluding carboxylic acids is 1. The second-order valence-electron chi connectivity index (χ2n) is 4.30. The topological polar surface area (TPSA) is 116 Å². The summed E-state index contributed by atoms with van der Waals surface area (Å²) < 4.78 is 10.5. The zero-order chi connectivity index (χ0) is 16.0. The Kier molecular flexibility index (Phi) is 5.65. The Balaban J connectivity index is 3.04. The molecule has 0 bridgehead atoms. The van der Waals surface area contributed by atoms with Gasteiger partial charge in [-0.25, -0.2) is 0 Å². The summed E-state index contributed by atoms with van der Waals surface area (Å²) >= 11 is 0. The molecule has 1 aromatic carbocycles. The van der Waals surface area contributed by atoms with E-state index in [0.717, 1.165) is 6.07 Å². The highest BCUT2D eigenvalue weighted by atomic mass is 16.6. The fourth-order valence-electron chi connectivity index (χ4n) is 1.67. The van der Waals surface area contributed by atoms with Crippen molar-refractivity contribution < 1.29 is 29.1 Å². The van der Waals surface area contributed by atoms with Crippen molar-refractivity contribution in [3.8, 4) is 11.5 Å². The molecule has 0 fully saturated rings. The molecule has 21 heavy (non-hydrogen) atoms. The van der Waals surface area contributed by atoms with Gasteiger partial charge < -0.3 is 14.6 Å². The summed E-state index contributed by atoms with van der Waals surface area (Å²) in [6, 6.07) is 2.31. The molecule has 1 aromatic rings. The van der Waals surface area contributed by atoms with Gasteiger partial charge in [-0.05, 0) is 13.3 Å². The molecule has 0 aliphatic heterocycles. The minimum absolute atomic E-state index is 0.0853. The van der Waals surface area contributed by atoms with E-state index in [2.05, 4.69) is 0 Å². The number of nitrogens with zero attached hydrogens (tertiary/aromatic N) is 1. The van der Waals surface area contributed by atoms with Crippen LogP contribution in [0, 0.1) is 10.1 Å². The van der Waals surface area contributed by atoms with Crippen molar-refractivity contribution in [2.75, 3.05) is 7.11 Å². The number of aldehydes is 1. The lowest BCUT2D eigenvalue weighted by atomic mass is 10.1. The van der Waals surface area contributed by atoms with Crippen LogP contribution in [0.2, 0.25) is 0 Å². The molecule has 1 rings (SSSR count). The molecule has 114 valence electrons. The molecule has 1 unspecified atom stereocenters. The van der Waals surface area contributed by atoms with Gasteiger partial charge in [0.1, 0.15) is 0 Å². The van der Waals surface area contributed by atoms with E-state index in [1.54, 1.807) is 6.92 Å². The number of hydrogen-bond acceptors (Lipinski definition) is 6. The summed E-state index contributed by atoms with van der Waals surface area (Å²) in [5, 5.41) is 19.5. The van der Waals surface area contributed by atoms with Gasteiger partial charge in [0.05, 0.1) is 29.8 Å². The summed E-state index contributed by atoms with van der Waals surface area (Å²) in [7, 11) is 1.34. The maximum absolute atomic E-state index is 10.9. The number of nitro groups is 1. The minimum Gasteiger partial charge on any atom is -0.493 e. The van der Waals surface area contributed by atoms with Crippen LogP contribution >= 0.6 is 0 Å². The van der Waals surface area contributed by atoms with Crippen LogP contribution < -0.4 is 9.47 Å². The molecule has 0 aromatic heterocycles. The summed E-state index contributed by atoms with van der Waals surface area (Å²) in [6.07, 6.45) is 0.0366. The maximum atomic E-state index is 10.9. The summed E-state index contributed by atoms with van der Waals surface area (Å²) in [6.45, 7) is 1.64. The van der Waals surface area contributed by atoms with Crippen molar-refractivity contribution in [2.45, 2.75) is 25.9 Å². The number of carbonyl (C=O) groups is 2. The molecule has 0 aliphatic rings. The van der Waals surface area contributed by atoms with Gasteiger partial charge in [0.2, 0.25) is 0 Å². The zero-order valence-electron chi connectivity index (χ0n) is 11.6. The minimum atomic E-state index is -0.959. The first-order valence-corrected chi connectivity index (χ1v) is 6.09. The van der Waals surface area contributed by atoms with E-state index in [9.17, 15) is 19.7 Å². The third kappa shape index (κ3) is 4.44. The highest BCUT2D eigenvalue weighted by Crippen LogP contribution is 2.34. The number of benzene rings is 1. The SMILES string of the molecule is COc1cc(C=O)c([N+](=O)[O-])cc1OC(C)CCC(=O)O. The van der Waals surface area contributed by atoms with E-state index in [1.807, 2.05) is 0 Å². The molecule has 0 saturated heterocycles. The van der Waals surface area contributed by atoms with Gasteiger partial charge >= 0.3 is 5.97 Å². The number of aliphatic carboxylic acids is 1. The van der Waals surface area contributed by atoms with Gasteiger partial charge in [-0.2, -0.15) is 0 Å². The lowest BCUT2D eigenvalue weighted by Crippen LogP contribution is -2.14. The highest BCUT2D eigenvalue weighted by Gasteiger charge is 2.20. The van der Waals surface area contributed by atoms with Gasteiger partial charge in [0, 0.05) is 12.5 Å².